The first-order valence-electron chi connectivity index (χ1n) is 5.41. The predicted molar refractivity (Wildman–Crippen MR) is 58.5 cm³/mol. The molecule has 0 aliphatic rings. The van der Waals surface area contributed by atoms with Crippen LogP contribution in [0.4, 0.5) is 30.7 Å². The molecule has 0 atom stereocenters. The Morgan fingerprint density at radius 2 is 1.14 bits per heavy atom. The Morgan fingerprint density at radius 3 is 1.59 bits per heavy atom. The van der Waals surface area contributed by atoms with Crippen molar-refractivity contribution in [2.45, 2.75) is 0 Å². The highest BCUT2D eigenvalue weighted by atomic mass is 19.2. The lowest BCUT2D eigenvalue weighted by atomic mass is 9.97. The molecule has 0 bridgehead atoms. The second-order valence-electron chi connectivity index (χ2n) is 4.06. The Hall–Kier alpha value is -2.58. The largest absolute Gasteiger partial charge is 0.478 e. The molecule has 116 valence electrons. The molecule has 22 heavy (non-hydrogen) atoms. The van der Waals surface area contributed by atoms with Crippen LogP contribution in [0.25, 0.3) is 11.1 Å². The molecule has 0 amide bonds. The first-order valence-corrected chi connectivity index (χ1v) is 5.41. The first-order chi connectivity index (χ1) is 10.2. The molecular weight excluding hydrogens is 321 g/mol. The third kappa shape index (κ3) is 2.28. The normalized spacial score (nSPS) is 10.9. The molecule has 2 aromatic carbocycles. The van der Waals surface area contributed by atoms with E-state index in [1.165, 1.54) is 0 Å². The van der Waals surface area contributed by atoms with Gasteiger partial charge < -0.3 is 5.11 Å². The number of aromatic carboxylic acids is 1. The summed E-state index contributed by atoms with van der Waals surface area (Å²) in [6, 6.07) is 0.113. The second kappa shape index (κ2) is 5.32. The maximum absolute atomic E-state index is 13.6. The molecule has 2 rings (SSSR count). The summed E-state index contributed by atoms with van der Waals surface area (Å²) in [6.45, 7) is 0. The minimum Gasteiger partial charge on any atom is -0.478 e. The summed E-state index contributed by atoms with van der Waals surface area (Å²) < 4.78 is 92.7. The van der Waals surface area contributed by atoms with E-state index in [4.69, 9.17) is 5.11 Å². The zero-order valence-electron chi connectivity index (χ0n) is 10.2. The highest BCUT2D eigenvalue weighted by molar-refractivity contribution is 5.96. The van der Waals surface area contributed by atoms with Crippen LogP contribution in [-0.2, 0) is 0 Å². The van der Waals surface area contributed by atoms with Crippen LogP contribution in [0.15, 0.2) is 12.1 Å². The van der Waals surface area contributed by atoms with Crippen LogP contribution < -0.4 is 0 Å². The summed E-state index contributed by atoms with van der Waals surface area (Å²) in [4.78, 5) is 10.9. The fourth-order valence-electron chi connectivity index (χ4n) is 1.77. The Morgan fingerprint density at radius 1 is 0.727 bits per heavy atom. The quantitative estimate of drug-likeness (QED) is 0.514. The van der Waals surface area contributed by atoms with Gasteiger partial charge in [0, 0.05) is 5.56 Å². The van der Waals surface area contributed by atoms with Gasteiger partial charge in [0.05, 0.1) is 11.1 Å². The zero-order chi connectivity index (χ0) is 16.8. The SMILES string of the molecule is O=C(O)c1cc(F)c(F)cc1-c1c(F)c(F)c(F)c(F)c1F. The smallest absolute Gasteiger partial charge is 0.336 e. The molecule has 0 aliphatic carbocycles. The van der Waals surface area contributed by atoms with Gasteiger partial charge in [-0.15, -0.1) is 0 Å². The van der Waals surface area contributed by atoms with Crippen molar-refractivity contribution in [1.82, 2.24) is 0 Å². The molecule has 0 fully saturated rings. The molecule has 9 heteroatoms. The van der Waals surface area contributed by atoms with Crippen molar-refractivity contribution < 1.29 is 40.6 Å². The van der Waals surface area contributed by atoms with Gasteiger partial charge in [0.1, 0.15) is 0 Å². The maximum atomic E-state index is 13.6. The first kappa shape index (κ1) is 15.8. The van der Waals surface area contributed by atoms with E-state index in [1.807, 2.05) is 0 Å². The summed E-state index contributed by atoms with van der Waals surface area (Å²) in [5, 5.41) is 8.82. The maximum Gasteiger partial charge on any atom is 0.336 e. The molecule has 0 radical (unpaired) electrons. The number of halogens is 7. The Balaban J connectivity index is 2.95. The van der Waals surface area contributed by atoms with Crippen molar-refractivity contribution in [3.63, 3.8) is 0 Å². The lowest BCUT2D eigenvalue weighted by molar-refractivity contribution is 0.0697. The van der Waals surface area contributed by atoms with Gasteiger partial charge in [-0.05, 0) is 12.1 Å². The van der Waals surface area contributed by atoms with Gasteiger partial charge >= 0.3 is 5.97 Å². The highest BCUT2D eigenvalue weighted by Gasteiger charge is 2.29. The third-order valence-electron chi connectivity index (χ3n) is 2.77. The standard InChI is InChI=1S/C13H3F7O2/c14-5-1-3(4(13(21)22)2-6(5)15)7-8(16)10(18)12(20)11(19)9(7)17/h1-2H,(H,21,22). The zero-order valence-corrected chi connectivity index (χ0v) is 10.2. The van der Waals surface area contributed by atoms with Gasteiger partial charge in [-0.25, -0.2) is 35.5 Å². The van der Waals surface area contributed by atoms with Gasteiger partial charge in [-0.1, -0.05) is 0 Å². The predicted octanol–water partition coefficient (Wildman–Crippen LogP) is 4.03. The molecule has 0 spiro atoms. The summed E-state index contributed by atoms with van der Waals surface area (Å²) in [5.74, 6) is -17.2. The summed E-state index contributed by atoms with van der Waals surface area (Å²) in [5.41, 5.74) is -4.01. The van der Waals surface area contributed by atoms with Crippen molar-refractivity contribution in [3.8, 4) is 11.1 Å². The van der Waals surface area contributed by atoms with Gasteiger partial charge in [0.15, 0.2) is 34.9 Å². The molecule has 0 aromatic heterocycles. The molecule has 2 aromatic rings. The van der Waals surface area contributed by atoms with E-state index in [0.29, 0.717) is 0 Å². The number of carbonyl (C=O) groups is 1. The van der Waals surface area contributed by atoms with E-state index in [2.05, 4.69) is 0 Å². The summed E-state index contributed by atoms with van der Waals surface area (Å²) in [7, 11) is 0. The van der Waals surface area contributed by atoms with Gasteiger partial charge in [0.2, 0.25) is 5.82 Å². The van der Waals surface area contributed by atoms with Gasteiger partial charge in [0.25, 0.3) is 0 Å². The molecule has 0 saturated heterocycles. The van der Waals surface area contributed by atoms with Crippen LogP contribution >= 0.6 is 0 Å². The minimum absolute atomic E-state index is 0.0388. The fourth-order valence-corrected chi connectivity index (χ4v) is 1.77. The monoisotopic (exact) mass is 324 g/mol. The molecule has 1 N–H and O–H groups in total. The number of hydrogen-bond acceptors (Lipinski definition) is 1. The average molecular weight is 324 g/mol. The third-order valence-corrected chi connectivity index (χ3v) is 2.77. The molecule has 0 saturated carbocycles. The second-order valence-corrected chi connectivity index (χ2v) is 4.06. The minimum atomic E-state index is -2.46. The number of rotatable bonds is 2. The van der Waals surface area contributed by atoms with E-state index in [-0.39, 0.29) is 12.1 Å². The van der Waals surface area contributed by atoms with Crippen molar-refractivity contribution in [3.05, 3.63) is 58.4 Å². The average Bonchev–Trinajstić information content (AvgIpc) is 2.46. The lowest BCUT2D eigenvalue weighted by Gasteiger charge is -2.11. The van der Waals surface area contributed by atoms with Crippen LogP contribution in [0.5, 0.6) is 0 Å². The van der Waals surface area contributed by atoms with Crippen molar-refractivity contribution in [2.75, 3.05) is 0 Å². The van der Waals surface area contributed by atoms with Crippen molar-refractivity contribution in [1.29, 1.82) is 0 Å². The Labute approximate surface area is 117 Å². The number of benzene rings is 2. The highest BCUT2D eigenvalue weighted by Crippen LogP contribution is 2.34. The summed E-state index contributed by atoms with van der Waals surface area (Å²) >= 11 is 0. The number of hydrogen-bond donors (Lipinski definition) is 1. The molecule has 0 heterocycles. The van der Waals surface area contributed by atoms with Gasteiger partial charge in [-0.2, -0.15) is 0 Å². The molecule has 0 unspecified atom stereocenters. The topological polar surface area (TPSA) is 37.3 Å². The van der Waals surface area contributed by atoms with Crippen LogP contribution in [0, 0.1) is 40.7 Å². The van der Waals surface area contributed by atoms with Crippen molar-refractivity contribution >= 4 is 5.97 Å². The van der Waals surface area contributed by atoms with E-state index in [9.17, 15) is 35.5 Å². The summed E-state index contributed by atoms with van der Waals surface area (Å²) in [6.07, 6.45) is 0. The van der Waals surface area contributed by atoms with Crippen LogP contribution in [0.3, 0.4) is 0 Å². The molecule has 0 aliphatic heterocycles. The van der Waals surface area contributed by atoms with Crippen LogP contribution in [-0.4, -0.2) is 11.1 Å². The van der Waals surface area contributed by atoms with Crippen LogP contribution in [0.1, 0.15) is 10.4 Å². The van der Waals surface area contributed by atoms with E-state index in [1.54, 1.807) is 0 Å². The Bertz CT molecular complexity index is 773. The lowest BCUT2D eigenvalue weighted by Crippen LogP contribution is -2.08. The Kier molecular flexibility index (Phi) is 3.82. The van der Waals surface area contributed by atoms with Crippen molar-refractivity contribution in [2.24, 2.45) is 0 Å². The number of carboxylic acids is 1. The fraction of sp³-hybridized carbons (Fsp3) is 0. The number of carboxylic acid groups (broad SMARTS) is 1. The molecule has 2 nitrogen and oxygen atoms in total. The van der Waals surface area contributed by atoms with E-state index >= 15 is 0 Å². The van der Waals surface area contributed by atoms with Gasteiger partial charge in [-0.3, -0.25) is 0 Å². The molecular formula is C13H3F7O2. The van der Waals surface area contributed by atoms with Crippen LogP contribution in [0.2, 0.25) is 0 Å². The van der Waals surface area contributed by atoms with E-state index < -0.39 is 63.4 Å². The van der Waals surface area contributed by atoms with E-state index in [0.717, 1.165) is 0 Å².